The van der Waals surface area contributed by atoms with Gasteiger partial charge < -0.3 is 21.5 Å². The number of benzene rings is 1. The first-order valence-electron chi connectivity index (χ1n) is 10.9. The van der Waals surface area contributed by atoms with E-state index in [-0.39, 0.29) is 35.7 Å². The molecule has 2 aromatic heterocycles. The number of nitrogens with one attached hydrogen (secondary N) is 2. The third kappa shape index (κ3) is 5.54. The summed E-state index contributed by atoms with van der Waals surface area (Å²) < 4.78 is 30.0. The Balaban J connectivity index is 1.60. The van der Waals surface area contributed by atoms with Gasteiger partial charge in [-0.3, -0.25) is 9.48 Å². The van der Waals surface area contributed by atoms with Crippen molar-refractivity contribution in [3.8, 4) is 22.4 Å². The number of hydrogen-bond acceptors (Lipinski definition) is 7. The number of hydrogen-bond donors (Lipinski definition) is 4. The quantitative estimate of drug-likeness (QED) is 0.432. The van der Waals surface area contributed by atoms with Gasteiger partial charge in [0.25, 0.3) is 5.91 Å². The summed E-state index contributed by atoms with van der Waals surface area (Å²) in [5.74, 6) is -1.25. The van der Waals surface area contributed by atoms with Crippen LogP contribution in [-0.2, 0) is 6.54 Å². The lowest BCUT2D eigenvalue weighted by Gasteiger charge is -2.26. The Bertz CT molecular complexity index is 1190. The third-order valence-corrected chi connectivity index (χ3v) is 5.41. The number of aromatic nitrogens is 4. The van der Waals surface area contributed by atoms with Crippen molar-refractivity contribution in [2.75, 3.05) is 18.8 Å². The summed E-state index contributed by atoms with van der Waals surface area (Å²) in [5, 5.41) is 19.9. The average Bonchev–Trinajstić information content (AvgIpc) is 3.21. The van der Waals surface area contributed by atoms with E-state index in [1.54, 1.807) is 43.1 Å². The minimum absolute atomic E-state index is 0.105. The van der Waals surface area contributed by atoms with Gasteiger partial charge in [-0.15, -0.1) is 0 Å². The van der Waals surface area contributed by atoms with E-state index in [0.29, 0.717) is 18.7 Å². The lowest BCUT2D eigenvalue weighted by molar-refractivity contribution is 0.0577. The highest BCUT2D eigenvalue weighted by Crippen LogP contribution is 2.28. The maximum atomic E-state index is 14.7. The van der Waals surface area contributed by atoms with Crippen molar-refractivity contribution in [2.24, 2.45) is 0 Å². The highest BCUT2D eigenvalue weighted by Gasteiger charge is 2.25. The molecule has 0 aliphatic carbocycles. The number of nitrogens with zero attached hydrogens (tertiary/aromatic N) is 4. The number of halogens is 2. The number of nitrogen functional groups attached to an aromatic ring is 1. The molecule has 34 heavy (non-hydrogen) atoms. The van der Waals surface area contributed by atoms with Crippen LogP contribution in [-0.4, -0.2) is 61.7 Å². The van der Waals surface area contributed by atoms with E-state index in [0.717, 1.165) is 5.56 Å². The van der Waals surface area contributed by atoms with Gasteiger partial charge in [0.15, 0.2) is 11.5 Å². The Morgan fingerprint density at radius 2 is 2.12 bits per heavy atom. The van der Waals surface area contributed by atoms with Crippen molar-refractivity contribution in [2.45, 2.75) is 44.6 Å². The smallest absolute Gasteiger partial charge is 0.274 e. The topological polar surface area (TPSA) is 131 Å². The number of carbonyl (C=O) groups is 1. The molecule has 1 aromatic carbocycles. The maximum Gasteiger partial charge on any atom is 0.274 e. The number of aliphatic hydroxyl groups is 1. The van der Waals surface area contributed by atoms with E-state index in [1.807, 2.05) is 0 Å². The van der Waals surface area contributed by atoms with Gasteiger partial charge in [0, 0.05) is 42.9 Å². The molecule has 2 atom stereocenters. The minimum Gasteiger partial charge on any atom is -0.389 e. The van der Waals surface area contributed by atoms with Crippen molar-refractivity contribution in [1.29, 1.82) is 0 Å². The van der Waals surface area contributed by atoms with Gasteiger partial charge >= 0.3 is 0 Å². The predicted molar refractivity (Wildman–Crippen MR) is 123 cm³/mol. The van der Waals surface area contributed by atoms with Gasteiger partial charge in [0.05, 0.1) is 30.2 Å². The molecule has 0 saturated carbocycles. The fourth-order valence-corrected chi connectivity index (χ4v) is 3.85. The van der Waals surface area contributed by atoms with E-state index in [4.69, 9.17) is 5.73 Å². The number of piperidine rings is 1. The van der Waals surface area contributed by atoms with Crippen LogP contribution in [0.2, 0.25) is 0 Å². The lowest BCUT2D eigenvalue weighted by Crippen LogP contribution is -2.49. The molecule has 180 valence electrons. The highest BCUT2D eigenvalue weighted by atomic mass is 19.1. The molecule has 0 unspecified atom stereocenters. The number of amides is 1. The number of alkyl halides is 1. The van der Waals surface area contributed by atoms with Crippen molar-refractivity contribution >= 4 is 11.7 Å². The van der Waals surface area contributed by atoms with Crippen LogP contribution in [0.4, 0.5) is 14.6 Å². The molecule has 1 amide bonds. The average molecular weight is 472 g/mol. The Morgan fingerprint density at radius 1 is 1.32 bits per heavy atom. The van der Waals surface area contributed by atoms with E-state index < -0.39 is 29.5 Å². The number of nitrogens with two attached hydrogens (primary N) is 1. The van der Waals surface area contributed by atoms with Crippen LogP contribution in [0.3, 0.4) is 0 Å². The molecule has 1 aliphatic rings. The summed E-state index contributed by atoms with van der Waals surface area (Å²) in [6.07, 6.45) is 3.79. The molecule has 1 fully saturated rings. The van der Waals surface area contributed by atoms with E-state index in [2.05, 4.69) is 25.7 Å². The molecule has 0 spiro atoms. The van der Waals surface area contributed by atoms with Crippen LogP contribution < -0.4 is 16.4 Å². The van der Waals surface area contributed by atoms with Crippen LogP contribution >= 0.6 is 0 Å². The molecular weight excluding hydrogens is 444 g/mol. The maximum absolute atomic E-state index is 14.7. The normalized spacial score (nSPS) is 18.6. The molecule has 0 bridgehead atoms. The fourth-order valence-electron chi connectivity index (χ4n) is 3.85. The zero-order valence-corrected chi connectivity index (χ0v) is 18.9. The molecule has 9 nitrogen and oxygen atoms in total. The van der Waals surface area contributed by atoms with Crippen LogP contribution in [0.15, 0.2) is 36.8 Å². The Hall–Kier alpha value is -3.44. The van der Waals surface area contributed by atoms with Crippen LogP contribution in [0.25, 0.3) is 22.4 Å². The Morgan fingerprint density at radius 3 is 2.85 bits per heavy atom. The Labute approximate surface area is 195 Å². The van der Waals surface area contributed by atoms with Gasteiger partial charge in [0.2, 0.25) is 0 Å². The van der Waals surface area contributed by atoms with Crippen LogP contribution in [0.5, 0.6) is 0 Å². The molecule has 1 saturated heterocycles. The number of anilines is 1. The van der Waals surface area contributed by atoms with E-state index in [1.165, 1.54) is 12.3 Å². The zero-order chi connectivity index (χ0) is 24.5. The van der Waals surface area contributed by atoms with Gasteiger partial charge in [-0.25, -0.2) is 18.7 Å². The van der Waals surface area contributed by atoms with Crippen molar-refractivity contribution < 1.29 is 18.7 Å². The first kappa shape index (κ1) is 23.7. The second kappa shape index (κ2) is 9.43. The molecule has 1 aliphatic heterocycles. The summed E-state index contributed by atoms with van der Waals surface area (Å²) in [5.41, 5.74) is 6.43. The van der Waals surface area contributed by atoms with Crippen LogP contribution in [0, 0.1) is 5.82 Å². The number of carbonyl (C=O) groups excluding carboxylic acids is 1. The van der Waals surface area contributed by atoms with E-state index in [9.17, 15) is 18.7 Å². The second-order valence-electron chi connectivity index (χ2n) is 9.08. The summed E-state index contributed by atoms with van der Waals surface area (Å²) in [6, 6.07) is 4.07. The first-order valence-corrected chi connectivity index (χ1v) is 10.9. The molecule has 4 rings (SSSR count). The van der Waals surface area contributed by atoms with Gasteiger partial charge in [-0.1, -0.05) is 6.07 Å². The van der Waals surface area contributed by atoms with Crippen molar-refractivity contribution in [3.05, 3.63) is 48.3 Å². The summed E-state index contributed by atoms with van der Waals surface area (Å²) in [6.45, 7) is 4.33. The molecular formula is C23H27F2N7O2. The zero-order valence-electron chi connectivity index (χ0n) is 18.9. The largest absolute Gasteiger partial charge is 0.389 e. The number of rotatable bonds is 6. The van der Waals surface area contributed by atoms with Gasteiger partial charge in [-0.2, -0.15) is 5.10 Å². The van der Waals surface area contributed by atoms with Gasteiger partial charge in [-0.05, 0) is 31.5 Å². The predicted octanol–water partition coefficient (Wildman–Crippen LogP) is 1.93. The fraction of sp³-hybridized carbons (Fsp3) is 0.391. The second-order valence-corrected chi connectivity index (χ2v) is 9.08. The molecule has 3 heterocycles. The lowest BCUT2D eigenvalue weighted by atomic mass is 10.0. The summed E-state index contributed by atoms with van der Waals surface area (Å²) >= 11 is 0. The van der Waals surface area contributed by atoms with Crippen molar-refractivity contribution in [1.82, 2.24) is 30.4 Å². The molecule has 11 heteroatoms. The first-order chi connectivity index (χ1) is 16.1. The SMILES string of the molecule is CC(C)(O)Cn1cc(-c2ccc(F)c(-c3cnc(N)c(C(=O)N[C@@H]4CNC[C@@H](F)C4)n3)c2)cn1. The summed E-state index contributed by atoms with van der Waals surface area (Å²) in [4.78, 5) is 21.0. The minimum atomic E-state index is -1.06. The molecule has 0 radical (unpaired) electrons. The van der Waals surface area contributed by atoms with Crippen LogP contribution in [0.1, 0.15) is 30.8 Å². The van der Waals surface area contributed by atoms with E-state index >= 15 is 0 Å². The van der Waals surface area contributed by atoms with Crippen molar-refractivity contribution in [3.63, 3.8) is 0 Å². The monoisotopic (exact) mass is 471 g/mol. The molecule has 5 N–H and O–H groups in total. The highest BCUT2D eigenvalue weighted by molar-refractivity contribution is 5.97. The van der Waals surface area contributed by atoms with Gasteiger partial charge in [0.1, 0.15) is 12.0 Å². The Kier molecular flexibility index (Phi) is 6.58. The third-order valence-electron chi connectivity index (χ3n) is 5.41. The summed E-state index contributed by atoms with van der Waals surface area (Å²) in [7, 11) is 0. The standard InChI is InChI=1S/C23H27F2N7O2/c1-23(2,34)12-32-11-14(7-29-32)13-3-4-18(25)17(5-13)19-10-28-21(26)20(31-19)22(33)30-16-6-15(24)8-27-9-16/h3-5,7,10-11,15-16,27,34H,6,8-9,12H2,1-2H3,(H2,26,28)(H,30,33)/t15-,16-/m0/s1. The molecule has 3 aromatic rings.